The van der Waals surface area contributed by atoms with Gasteiger partial charge in [-0.05, 0) is 124 Å². The lowest BCUT2D eigenvalue weighted by molar-refractivity contribution is -0.0841. The zero-order valence-electron chi connectivity index (χ0n) is 28.1. The smallest absolute Gasteiger partial charge is 0.193 e. The van der Waals surface area contributed by atoms with Crippen molar-refractivity contribution < 1.29 is 24.1 Å². The maximum Gasteiger partial charge on any atom is 0.193 e. The Morgan fingerprint density at radius 1 is 0.979 bits per heavy atom. The van der Waals surface area contributed by atoms with Crippen LogP contribution in [0.2, 0.25) is 0 Å². The lowest BCUT2D eigenvalue weighted by Gasteiger charge is -2.47. The molecule has 4 atom stereocenters. The molecule has 0 spiro atoms. The number of carbonyl (C=O) groups excluding carboxylic acids is 1. The van der Waals surface area contributed by atoms with E-state index in [-0.39, 0.29) is 17.5 Å². The van der Waals surface area contributed by atoms with Crippen LogP contribution in [0.25, 0.3) is 0 Å². The molecule has 2 N–H and O–H groups in total. The molecule has 0 aromatic heterocycles. The Balaban J connectivity index is 1.32. The molecule has 47 heavy (non-hydrogen) atoms. The van der Waals surface area contributed by atoms with Gasteiger partial charge in [0.15, 0.2) is 5.78 Å². The first kappa shape index (κ1) is 33.4. The second-order valence-corrected chi connectivity index (χ2v) is 14.2. The van der Waals surface area contributed by atoms with Crippen LogP contribution in [-0.4, -0.2) is 72.4 Å². The number of aliphatic hydroxyl groups excluding tert-OH is 1. The number of benzene rings is 3. The van der Waals surface area contributed by atoms with Crippen LogP contribution < -0.4 is 9.64 Å². The van der Waals surface area contributed by atoms with Gasteiger partial charge in [-0.1, -0.05) is 30.7 Å². The number of nitrogens with zero attached hydrogens (tertiary/aromatic N) is 2. The van der Waals surface area contributed by atoms with Crippen molar-refractivity contribution in [3.05, 3.63) is 106 Å². The number of anilines is 1. The van der Waals surface area contributed by atoms with E-state index in [2.05, 4.69) is 41.9 Å². The van der Waals surface area contributed by atoms with E-state index in [4.69, 9.17) is 4.74 Å². The number of ether oxygens (including phenoxy) is 1. The first-order valence-corrected chi connectivity index (χ1v) is 17.2. The molecule has 0 amide bonds. The van der Waals surface area contributed by atoms with E-state index < -0.39 is 17.1 Å². The fraction of sp³-hybridized carbons (Fsp3) is 0.475. The van der Waals surface area contributed by atoms with E-state index >= 15 is 0 Å². The summed E-state index contributed by atoms with van der Waals surface area (Å²) in [5.74, 6) is 0.411. The number of β-amino-alcohol motifs (C(OH)–C–C–N with tert-alkyl or cyclic N) is 1. The summed E-state index contributed by atoms with van der Waals surface area (Å²) in [4.78, 5) is 18.9. The summed E-state index contributed by atoms with van der Waals surface area (Å²) in [5.41, 5.74) is 4.07. The standard InChI is InChI=1S/C40H49FN2O4/c1-28-5-4-19-39(2)37(18-20-40(39,46)27-42-21-23-43(24-22-42)32-12-10-31(41)11-13-32)35-17-7-29(25-33(44)14-6-28)26-36(35)38(45)30-8-15-34(47-3)16-9-30/h5,7-13,15-17,26,33,37,44,46H,4,6,14,18-25,27H2,1-3H3/t33-,37-,39-,40+/m0/s1. The van der Waals surface area contributed by atoms with Gasteiger partial charge in [-0.2, -0.15) is 0 Å². The highest BCUT2D eigenvalue weighted by atomic mass is 19.1. The van der Waals surface area contributed by atoms with Crippen molar-refractivity contribution in [3.8, 4) is 5.75 Å². The number of allylic oxidation sites excluding steroid dienone is 2. The second kappa shape index (κ2) is 13.9. The van der Waals surface area contributed by atoms with E-state index in [9.17, 15) is 19.4 Å². The Bertz CT molecular complexity index is 1580. The van der Waals surface area contributed by atoms with Gasteiger partial charge >= 0.3 is 0 Å². The predicted octanol–water partition coefficient (Wildman–Crippen LogP) is 6.93. The van der Waals surface area contributed by atoms with Gasteiger partial charge in [-0.15, -0.1) is 0 Å². The fourth-order valence-corrected chi connectivity index (χ4v) is 8.28. The van der Waals surface area contributed by atoms with Crippen LogP contribution in [0.4, 0.5) is 10.1 Å². The fourth-order valence-electron chi connectivity index (χ4n) is 8.28. The number of hydrogen-bond acceptors (Lipinski definition) is 6. The van der Waals surface area contributed by atoms with Gasteiger partial charge in [-0.3, -0.25) is 9.69 Å². The zero-order valence-corrected chi connectivity index (χ0v) is 28.1. The molecule has 3 aliphatic carbocycles. The van der Waals surface area contributed by atoms with Gasteiger partial charge in [0.25, 0.3) is 0 Å². The van der Waals surface area contributed by atoms with Crippen molar-refractivity contribution in [2.24, 2.45) is 5.41 Å². The number of piperazine rings is 1. The van der Waals surface area contributed by atoms with Crippen molar-refractivity contribution in [3.63, 3.8) is 0 Å². The maximum absolute atomic E-state index is 14.2. The Morgan fingerprint density at radius 3 is 2.40 bits per heavy atom. The first-order valence-electron chi connectivity index (χ1n) is 17.2. The molecule has 7 heteroatoms. The molecule has 0 unspecified atom stereocenters. The summed E-state index contributed by atoms with van der Waals surface area (Å²) in [7, 11) is 1.61. The quantitative estimate of drug-likeness (QED) is 0.225. The summed E-state index contributed by atoms with van der Waals surface area (Å²) in [6.45, 7) is 8.23. The Labute approximate surface area is 278 Å². The SMILES string of the molecule is COc1ccc(C(=O)c2cc3ccc2[C@@H]2CC[C@@](O)(CN4CCN(c5ccc(F)cc5)CC4)[C@@]2(C)CCC=C(C)CC[C@H](O)C3)cc1. The largest absolute Gasteiger partial charge is 0.497 e. The van der Waals surface area contributed by atoms with Gasteiger partial charge in [0.05, 0.1) is 18.8 Å². The number of fused-ring (bicyclic) bond motifs is 8. The summed E-state index contributed by atoms with van der Waals surface area (Å²) in [5, 5.41) is 23.6. The normalized spacial score (nSPS) is 27.2. The summed E-state index contributed by atoms with van der Waals surface area (Å²) < 4.78 is 18.9. The van der Waals surface area contributed by atoms with Gasteiger partial charge in [0, 0.05) is 55.0 Å². The molecule has 1 saturated heterocycles. The highest BCUT2D eigenvalue weighted by molar-refractivity contribution is 6.10. The number of halogens is 1. The monoisotopic (exact) mass is 640 g/mol. The summed E-state index contributed by atoms with van der Waals surface area (Å²) in [6, 6.07) is 20.1. The molecule has 1 aliphatic heterocycles. The van der Waals surface area contributed by atoms with E-state index in [1.807, 2.05) is 42.5 Å². The molecule has 2 fully saturated rings. The minimum absolute atomic E-state index is 0.0131. The van der Waals surface area contributed by atoms with Gasteiger partial charge in [0.2, 0.25) is 0 Å². The van der Waals surface area contributed by atoms with E-state index in [1.165, 1.54) is 17.7 Å². The molecule has 1 heterocycles. The molecule has 3 aromatic rings. The van der Waals surface area contributed by atoms with Crippen LogP contribution in [0.15, 0.2) is 78.4 Å². The average molecular weight is 641 g/mol. The molecule has 7 rings (SSSR count). The van der Waals surface area contributed by atoms with Crippen LogP contribution >= 0.6 is 0 Å². The van der Waals surface area contributed by atoms with Crippen molar-refractivity contribution in [1.82, 2.24) is 4.90 Å². The predicted molar refractivity (Wildman–Crippen MR) is 185 cm³/mol. The highest BCUT2D eigenvalue weighted by Crippen LogP contribution is 2.59. The Morgan fingerprint density at radius 2 is 1.70 bits per heavy atom. The van der Waals surface area contributed by atoms with E-state index in [1.54, 1.807) is 7.11 Å². The number of ketones is 1. The van der Waals surface area contributed by atoms with E-state index in [0.717, 1.165) is 68.7 Å². The van der Waals surface area contributed by atoms with Gasteiger partial charge in [0.1, 0.15) is 11.6 Å². The van der Waals surface area contributed by atoms with Gasteiger partial charge in [-0.25, -0.2) is 4.39 Å². The van der Waals surface area contributed by atoms with E-state index in [0.29, 0.717) is 42.7 Å². The van der Waals surface area contributed by atoms with Crippen LogP contribution in [0, 0.1) is 11.2 Å². The molecule has 4 aliphatic rings. The Kier molecular flexibility index (Phi) is 9.88. The zero-order chi connectivity index (χ0) is 33.2. The average Bonchev–Trinajstić information content (AvgIpc) is 3.32. The Hall–Kier alpha value is -3.52. The van der Waals surface area contributed by atoms with Crippen LogP contribution in [-0.2, 0) is 6.42 Å². The third-order valence-electron chi connectivity index (χ3n) is 11.3. The van der Waals surface area contributed by atoms with Crippen LogP contribution in [0.3, 0.4) is 0 Å². The molecule has 3 aromatic carbocycles. The third-order valence-corrected chi connectivity index (χ3v) is 11.3. The molecule has 6 nitrogen and oxygen atoms in total. The first-order chi connectivity index (χ1) is 22.6. The molecule has 1 saturated carbocycles. The van der Waals surface area contributed by atoms with Crippen LogP contribution in [0.1, 0.15) is 85.3 Å². The van der Waals surface area contributed by atoms with Crippen molar-refractivity contribution in [2.75, 3.05) is 44.7 Å². The second-order valence-electron chi connectivity index (χ2n) is 14.2. The number of carbonyl (C=O) groups is 1. The molecule has 0 radical (unpaired) electrons. The number of methoxy groups -OCH3 is 1. The minimum Gasteiger partial charge on any atom is -0.497 e. The number of hydrogen-bond donors (Lipinski definition) is 2. The molecule has 250 valence electrons. The highest BCUT2D eigenvalue weighted by Gasteiger charge is 2.57. The lowest BCUT2D eigenvalue weighted by Crippen LogP contribution is -2.56. The number of rotatable bonds is 6. The number of aliphatic hydroxyl groups is 2. The van der Waals surface area contributed by atoms with Crippen LogP contribution in [0.5, 0.6) is 5.75 Å². The molecular weight excluding hydrogens is 591 g/mol. The maximum atomic E-state index is 14.2. The summed E-state index contributed by atoms with van der Waals surface area (Å²) in [6.07, 6.45) is 6.84. The minimum atomic E-state index is -0.941. The van der Waals surface area contributed by atoms with Crippen molar-refractivity contribution in [2.45, 2.75) is 76.4 Å². The van der Waals surface area contributed by atoms with Crippen molar-refractivity contribution in [1.29, 1.82) is 0 Å². The third kappa shape index (κ3) is 7.03. The topological polar surface area (TPSA) is 73.2 Å². The molecular formula is C40H49FN2O4. The molecule has 2 bridgehead atoms. The van der Waals surface area contributed by atoms with Crippen molar-refractivity contribution >= 4 is 11.5 Å². The lowest BCUT2D eigenvalue weighted by atomic mass is 9.64. The van der Waals surface area contributed by atoms with Gasteiger partial charge < -0.3 is 19.8 Å². The summed E-state index contributed by atoms with van der Waals surface area (Å²) >= 11 is 0.